The molecule has 0 saturated heterocycles. The van der Waals surface area contributed by atoms with Crippen molar-refractivity contribution in [3.8, 4) is 0 Å². The molecule has 0 aliphatic carbocycles. The van der Waals surface area contributed by atoms with Crippen molar-refractivity contribution in [3.05, 3.63) is 28.1 Å². The molecular weight excluding hydrogens is 220 g/mol. The summed E-state index contributed by atoms with van der Waals surface area (Å²) >= 11 is 12.1. The Morgan fingerprint density at radius 3 is 2.85 bits per heavy atom. The predicted octanol–water partition coefficient (Wildman–Crippen LogP) is 4.41. The van der Waals surface area contributed by atoms with E-state index < -0.39 is 0 Å². The lowest BCUT2D eigenvalue weighted by atomic mass is 10.2. The van der Waals surface area contributed by atoms with Gasteiger partial charge in [-0.25, -0.2) is 0 Å². The van der Waals surface area contributed by atoms with Gasteiger partial charge in [-0.2, -0.15) is 0 Å². The van der Waals surface area contributed by atoms with Crippen molar-refractivity contribution in [3.63, 3.8) is 0 Å². The number of aryl methyl sites for hydroxylation is 1. The Kier molecular flexibility index (Phi) is 2.54. The van der Waals surface area contributed by atoms with Crippen LogP contribution in [0.15, 0.2) is 23.1 Å². The highest BCUT2D eigenvalue weighted by Crippen LogP contribution is 2.32. The third kappa shape index (κ3) is 1.71. The van der Waals surface area contributed by atoms with E-state index in [0.717, 1.165) is 16.3 Å². The number of hydrogen-bond acceptors (Lipinski definition) is 2. The van der Waals surface area contributed by atoms with Gasteiger partial charge in [0.05, 0.1) is 5.02 Å². The molecule has 0 saturated carbocycles. The van der Waals surface area contributed by atoms with Gasteiger partial charge in [0, 0.05) is 14.5 Å². The molecule has 13 heavy (non-hydrogen) atoms. The zero-order valence-corrected chi connectivity index (χ0v) is 9.64. The minimum Gasteiger partial charge on any atom is -0.142 e. The first-order chi connectivity index (χ1) is 6.20. The highest BCUT2D eigenvalue weighted by atomic mass is 35.5. The Hall–Kier alpha value is -0.180. The van der Waals surface area contributed by atoms with E-state index in [9.17, 15) is 0 Å². The molecular formula is C10H9ClS2. The molecule has 0 aliphatic rings. The number of fused-ring (bicyclic) bond motifs is 1. The van der Waals surface area contributed by atoms with Crippen molar-refractivity contribution >= 4 is 45.7 Å². The van der Waals surface area contributed by atoms with Gasteiger partial charge < -0.3 is 0 Å². The normalized spacial score (nSPS) is 11.0. The highest BCUT2D eigenvalue weighted by Gasteiger charge is 2.03. The molecule has 0 amide bonds. The second kappa shape index (κ2) is 3.52. The van der Waals surface area contributed by atoms with Gasteiger partial charge in [0.25, 0.3) is 0 Å². The molecule has 1 aromatic carbocycles. The maximum atomic E-state index is 5.97. The Morgan fingerprint density at radius 1 is 1.38 bits per heavy atom. The van der Waals surface area contributed by atoms with Crippen LogP contribution in [-0.2, 0) is 6.42 Å². The van der Waals surface area contributed by atoms with E-state index in [1.807, 2.05) is 12.1 Å². The third-order valence-electron chi connectivity index (χ3n) is 1.99. The summed E-state index contributed by atoms with van der Waals surface area (Å²) in [5.74, 6) is 0. The van der Waals surface area contributed by atoms with Crippen molar-refractivity contribution in [1.29, 1.82) is 0 Å². The first kappa shape index (κ1) is 9.38. The molecule has 0 spiro atoms. The molecule has 2 aromatic rings. The van der Waals surface area contributed by atoms with Crippen molar-refractivity contribution in [2.75, 3.05) is 0 Å². The zero-order chi connectivity index (χ0) is 9.42. The Bertz CT molecular complexity index is 406. The van der Waals surface area contributed by atoms with Crippen molar-refractivity contribution < 1.29 is 0 Å². The van der Waals surface area contributed by atoms with Gasteiger partial charge in [-0.3, -0.25) is 0 Å². The van der Waals surface area contributed by atoms with Gasteiger partial charge in [-0.05, 0) is 30.0 Å². The molecule has 0 N–H and O–H groups in total. The van der Waals surface area contributed by atoms with Crippen LogP contribution in [0.1, 0.15) is 11.8 Å². The summed E-state index contributed by atoms with van der Waals surface area (Å²) in [5.41, 5.74) is 0. The predicted molar refractivity (Wildman–Crippen MR) is 63.5 cm³/mol. The summed E-state index contributed by atoms with van der Waals surface area (Å²) in [4.78, 5) is 2.25. The van der Waals surface area contributed by atoms with Crippen molar-refractivity contribution in [1.82, 2.24) is 0 Å². The summed E-state index contributed by atoms with van der Waals surface area (Å²) in [6.45, 7) is 2.16. The van der Waals surface area contributed by atoms with E-state index in [1.165, 1.54) is 15.0 Å². The first-order valence-electron chi connectivity index (χ1n) is 4.11. The highest BCUT2D eigenvalue weighted by molar-refractivity contribution is 7.80. The van der Waals surface area contributed by atoms with E-state index in [4.69, 9.17) is 11.6 Å². The van der Waals surface area contributed by atoms with Gasteiger partial charge in [0.2, 0.25) is 0 Å². The standard InChI is InChI=1S/C10H9ClS2/c1-2-7-3-6-4-9(12)8(11)5-10(6)13-7/h3-5,12H,2H2,1H3. The summed E-state index contributed by atoms with van der Waals surface area (Å²) in [6.07, 6.45) is 1.08. The molecule has 0 nitrogen and oxygen atoms in total. The first-order valence-corrected chi connectivity index (χ1v) is 5.76. The number of thiol groups is 1. The monoisotopic (exact) mass is 228 g/mol. The number of thiophene rings is 1. The van der Waals surface area contributed by atoms with Crippen LogP contribution in [0.2, 0.25) is 5.02 Å². The lowest BCUT2D eigenvalue weighted by Crippen LogP contribution is -1.68. The fraction of sp³-hybridized carbons (Fsp3) is 0.200. The fourth-order valence-electron chi connectivity index (χ4n) is 1.28. The summed E-state index contributed by atoms with van der Waals surface area (Å²) in [7, 11) is 0. The second-order valence-electron chi connectivity index (χ2n) is 2.91. The van der Waals surface area contributed by atoms with Gasteiger partial charge in [0.15, 0.2) is 0 Å². The molecule has 1 aromatic heterocycles. The molecule has 0 unspecified atom stereocenters. The number of benzene rings is 1. The summed E-state index contributed by atoms with van der Waals surface area (Å²) < 4.78 is 1.25. The molecule has 0 bridgehead atoms. The van der Waals surface area contributed by atoms with Crippen LogP contribution in [0.3, 0.4) is 0 Å². The zero-order valence-electron chi connectivity index (χ0n) is 7.17. The average Bonchev–Trinajstić information content (AvgIpc) is 2.48. The van der Waals surface area contributed by atoms with E-state index in [0.29, 0.717) is 0 Å². The van der Waals surface area contributed by atoms with E-state index in [-0.39, 0.29) is 0 Å². The SMILES string of the molecule is CCc1cc2cc(S)c(Cl)cc2s1. The summed E-state index contributed by atoms with van der Waals surface area (Å²) in [5, 5.41) is 1.98. The van der Waals surface area contributed by atoms with Gasteiger partial charge >= 0.3 is 0 Å². The number of hydrogen-bond donors (Lipinski definition) is 1. The quantitative estimate of drug-likeness (QED) is 0.687. The Balaban J connectivity index is 2.70. The number of rotatable bonds is 1. The summed E-state index contributed by atoms with van der Waals surface area (Å²) in [6, 6.07) is 6.22. The Morgan fingerprint density at radius 2 is 2.15 bits per heavy atom. The van der Waals surface area contributed by atoms with Gasteiger partial charge in [-0.1, -0.05) is 18.5 Å². The van der Waals surface area contributed by atoms with Crippen LogP contribution >= 0.6 is 35.6 Å². The van der Waals surface area contributed by atoms with Gasteiger partial charge in [-0.15, -0.1) is 24.0 Å². The minimum absolute atomic E-state index is 0.736. The van der Waals surface area contributed by atoms with Crippen LogP contribution in [0.5, 0.6) is 0 Å². The molecule has 0 radical (unpaired) electrons. The van der Waals surface area contributed by atoms with E-state index in [2.05, 4.69) is 25.6 Å². The minimum atomic E-state index is 0.736. The molecule has 0 aliphatic heterocycles. The van der Waals surface area contributed by atoms with Crippen LogP contribution in [0.25, 0.3) is 10.1 Å². The topological polar surface area (TPSA) is 0 Å². The maximum Gasteiger partial charge on any atom is 0.0553 e. The lowest BCUT2D eigenvalue weighted by molar-refractivity contribution is 1.19. The number of halogens is 1. The van der Waals surface area contributed by atoms with Gasteiger partial charge in [0.1, 0.15) is 0 Å². The average molecular weight is 229 g/mol. The van der Waals surface area contributed by atoms with Crippen LogP contribution < -0.4 is 0 Å². The van der Waals surface area contributed by atoms with Crippen LogP contribution in [0.4, 0.5) is 0 Å². The van der Waals surface area contributed by atoms with E-state index in [1.54, 1.807) is 11.3 Å². The van der Waals surface area contributed by atoms with Crippen molar-refractivity contribution in [2.45, 2.75) is 18.2 Å². The third-order valence-corrected chi connectivity index (χ3v) is 4.04. The largest absolute Gasteiger partial charge is 0.142 e. The van der Waals surface area contributed by atoms with Crippen LogP contribution in [-0.4, -0.2) is 0 Å². The van der Waals surface area contributed by atoms with E-state index >= 15 is 0 Å². The fourth-order valence-corrected chi connectivity index (χ4v) is 2.74. The molecule has 0 fully saturated rings. The maximum absolute atomic E-state index is 5.97. The molecule has 68 valence electrons. The Labute approximate surface area is 91.9 Å². The second-order valence-corrected chi connectivity index (χ2v) is 4.97. The lowest BCUT2D eigenvalue weighted by Gasteiger charge is -1.95. The molecule has 1 heterocycles. The molecule has 2 rings (SSSR count). The molecule has 3 heteroatoms. The molecule has 0 atom stereocenters. The van der Waals surface area contributed by atoms with Crippen LogP contribution in [0, 0.1) is 0 Å². The smallest absolute Gasteiger partial charge is 0.0553 e. The van der Waals surface area contributed by atoms with Crippen molar-refractivity contribution in [2.24, 2.45) is 0 Å².